The van der Waals surface area contributed by atoms with Gasteiger partial charge in [0.2, 0.25) is 0 Å². The van der Waals surface area contributed by atoms with Gasteiger partial charge in [-0.25, -0.2) is 18.0 Å². The minimum absolute atomic E-state index is 0.0808. The number of benzene rings is 2. The molecule has 23 heavy (non-hydrogen) atoms. The van der Waals surface area contributed by atoms with Gasteiger partial charge in [0, 0.05) is 10.8 Å². The van der Waals surface area contributed by atoms with E-state index in [0.29, 0.717) is 0 Å². The van der Waals surface area contributed by atoms with E-state index >= 15 is 0 Å². The number of fused-ring (bicyclic) bond motifs is 1. The Balaban J connectivity index is 2.37. The molecule has 0 saturated carbocycles. The summed E-state index contributed by atoms with van der Waals surface area (Å²) < 4.78 is 46.6. The Bertz CT molecular complexity index is 905. The Kier molecular flexibility index (Phi) is 3.73. The van der Waals surface area contributed by atoms with Crippen LogP contribution in [0.1, 0.15) is 10.4 Å². The molecule has 0 saturated heterocycles. The molecule has 0 aliphatic rings. The number of esters is 1. The molecular formula is C17H10F3NO2. The first-order chi connectivity index (χ1) is 11.0. The fourth-order valence-electron chi connectivity index (χ4n) is 2.38. The topological polar surface area (TPSA) is 39.2 Å². The van der Waals surface area contributed by atoms with Crippen molar-refractivity contribution in [3.05, 3.63) is 65.6 Å². The number of aromatic nitrogens is 1. The van der Waals surface area contributed by atoms with Gasteiger partial charge in [0.1, 0.15) is 17.5 Å². The number of hydrogen-bond donors (Lipinski definition) is 0. The standard InChI is InChI=1S/C17H10F3NO2/c1-23-17(22)9-5-6-10-11(7-9)16(21-8-14(10)20)15-12(18)3-2-4-13(15)19/h2-8H,1H3. The largest absolute Gasteiger partial charge is 0.465 e. The first-order valence-electron chi connectivity index (χ1n) is 6.64. The number of nitrogens with zero attached hydrogens (tertiary/aromatic N) is 1. The van der Waals surface area contributed by atoms with Gasteiger partial charge in [-0.3, -0.25) is 4.98 Å². The van der Waals surface area contributed by atoms with Crippen LogP contribution in [0.4, 0.5) is 13.2 Å². The Hall–Kier alpha value is -2.89. The molecule has 116 valence electrons. The fourth-order valence-corrected chi connectivity index (χ4v) is 2.38. The Morgan fingerprint density at radius 3 is 2.35 bits per heavy atom. The monoisotopic (exact) mass is 317 g/mol. The molecule has 0 aliphatic heterocycles. The molecule has 1 heterocycles. The number of carbonyl (C=O) groups excluding carboxylic acids is 1. The lowest BCUT2D eigenvalue weighted by Crippen LogP contribution is -2.02. The van der Waals surface area contributed by atoms with Gasteiger partial charge in [0.25, 0.3) is 0 Å². The highest BCUT2D eigenvalue weighted by molar-refractivity contribution is 6.00. The van der Waals surface area contributed by atoms with Crippen molar-refractivity contribution >= 4 is 16.7 Å². The summed E-state index contributed by atoms with van der Waals surface area (Å²) in [6.07, 6.45) is 0.890. The third-order valence-corrected chi connectivity index (χ3v) is 3.46. The predicted octanol–water partition coefficient (Wildman–Crippen LogP) is 4.11. The van der Waals surface area contributed by atoms with Crippen molar-refractivity contribution < 1.29 is 22.7 Å². The van der Waals surface area contributed by atoms with Crippen molar-refractivity contribution in [2.75, 3.05) is 7.11 Å². The van der Waals surface area contributed by atoms with Crippen LogP contribution in [-0.2, 0) is 4.74 Å². The van der Waals surface area contributed by atoms with Crippen LogP contribution >= 0.6 is 0 Å². The molecule has 0 spiro atoms. The molecule has 3 rings (SSSR count). The Morgan fingerprint density at radius 2 is 1.70 bits per heavy atom. The molecule has 0 unspecified atom stereocenters. The third-order valence-electron chi connectivity index (χ3n) is 3.46. The van der Waals surface area contributed by atoms with Gasteiger partial charge < -0.3 is 4.74 Å². The molecule has 0 N–H and O–H groups in total. The maximum atomic E-state index is 14.0. The van der Waals surface area contributed by atoms with E-state index in [1.165, 1.54) is 31.4 Å². The Morgan fingerprint density at radius 1 is 1.00 bits per heavy atom. The van der Waals surface area contributed by atoms with Gasteiger partial charge in [-0.1, -0.05) is 12.1 Å². The number of halogens is 3. The zero-order chi connectivity index (χ0) is 16.6. The fraction of sp³-hybridized carbons (Fsp3) is 0.0588. The van der Waals surface area contributed by atoms with Crippen molar-refractivity contribution in [1.29, 1.82) is 0 Å². The second-order valence-electron chi connectivity index (χ2n) is 4.80. The lowest BCUT2D eigenvalue weighted by molar-refractivity contribution is 0.0601. The molecule has 0 amide bonds. The molecule has 0 radical (unpaired) electrons. The van der Waals surface area contributed by atoms with Crippen LogP contribution < -0.4 is 0 Å². The smallest absolute Gasteiger partial charge is 0.337 e. The van der Waals surface area contributed by atoms with E-state index in [1.807, 2.05) is 0 Å². The lowest BCUT2D eigenvalue weighted by Gasteiger charge is -2.10. The molecule has 2 aromatic carbocycles. The van der Waals surface area contributed by atoms with Gasteiger partial charge in [0.15, 0.2) is 0 Å². The SMILES string of the molecule is COC(=O)c1ccc2c(F)cnc(-c3c(F)cccc3F)c2c1. The zero-order valence-electron chi connectivity index (χ0n) is 11.9. The van der Waals surface area contributed by atoms with Crippen molar-refractivity contribution in [3.8, 4) is 11.3 Å². The summed E-state index contributed by atoms with van der Waals surface area (Å²) in [5, 5.41) is 0.224. The molecule has 6 heteroatoms. The number of rotatable bonds is 2. The van der Waals surface area contributed by atoms with E-state index in [0.717, 1.165) is 18.3 Å². The average Bonchev–Trinajstić information content (AvgIpc) is 2.55. The van der Waals surface area contributed by atoms with Crippen molar-refractivity contribution in [3.63, 3.8) is 0 Å². The van der Waals surface area contributed by atoms with Crippen molar-refractivity contribution in [2.45, 2.75) is 0 Å². The molecule has 0 fully saturated rings. The highest BCUT2D eigenvalue weighted by Gasteiger charge is 2.18. The molecule has 0 bridgehead atoms. The predicted molar refractivity (Wildman–Crippen MR) is 78.4 cm³/mol. The second-order valence-corrected chi connectivity index (χ2v) is 4.80. The number of pyridine rings is 1. The molecular weight excluding hydrogens is 307 g/mol. The van der Waals surface area contributed by atoms with Gasteiger partial charge in [-0.05, 0) is 24.3 Å². The summed E-state index contributed by atoms with van der Waals surface area (Å²) in [5.41, 5.74) is -0.326. The number of methoxy groups -OCH3 is 1. The molecule has 3 aromatic rings. The van der Waals surface area contributed by atoms with E-state index in [-0.39, 0.29) is 27.6 Å². The molecule has 3 nitrogen and oxygen atoms in total. The molecule has 0 aliphatic carbocycles. The van der Waals surface area contributed by atoms with Crippen LogP contribution in [-0.4, -0.2) is 18.1 Å². The quantitative estimate of drug-likeness (QED) is 0.668. The number of hydrogen-bond acceptors (Lipinski definition) is 3. The van der Waals surface area contributed by atoms with E-state index in [9.17, 15) is 18.0 Å². The number of ether oxygens (including phenoxy) is 1. The van der Waals surface area contributed by atoms with Gasteiger partial charge >= 0.3 is 5.97 Å². The summed E-state index contributed by atoms with van der Waals surface area (Å²) in [6, 6.07) is 7.41. The summed E-state index contributed by atoms with van der Waals surface area (Å²) in [6.45, 7) is 0. The normalized spacial score (nSPS) is 10.8. The van der Waals surface area contributed by atoms with E-state index in [1.54, 1.807) is 0 Å². The number of carbonyl (C=O) groups is 1. The third kappa shape index (κ3) is 2.52. The summed E-state index contributed by atoms with van der Waals surface area (Å²) in [7, 11) is 1.20. The Labute approximate surface area is 129 Å². The van der Waals surface area contributed by atoms with E-state index < -0.39 is 23.4 Å². The highest BCUT2D eigenvalue weighted by atomic mass is 19.1. The highest BCUT2D eigenvalue weighted by Crippen LogP contribution is 2.32. The summed E-state index contributed by atoms with van der Waals surface area (Å²) in [5.74, 6) is -2.95. The van der Waals surface area contributed by atoms with Gasteiger partial charge in [0.05, 0.1) is 30.1 Å². The first kappa shape index (κ1) is 15.0. The maximum absolute atomic E-state index is 14.0. The lowest BCUT2D eigenvalue weighted by atomic mass is 10.0. The zero-order valence-corrected chi connectivity index (χ0v) is 11.9. The van der Waals surface area contributed by atoms with E-state index in [2.05, 4.69) is 9.72 Å². The van der Waals surface area contributed by atoms with Crippen LogP contribution in [0, 0.1) is 17.5 Å². The summed E-state index contributed by atoms with van der Waals surface area (Å²) in [4.78, 5) is 15.5. The molecule has 0 atom stereocenters. The van der Waals surface area contributed by atoms with Gasteiger partial charge in [-0.2, -0.15) is 0 Å². The summed E-state index contributed by atoms with van der Waals surface area (Å²) >= 11 is 0. The minimum atomic E-state index is -0.825. The van der Waals surface area contributed by atoms with Crippen LogP contribution in [0.25, 0.3) is 22.0 Å². The van der Waals surface area contributed by atoms with Gasteiger partial charge in [-0.15, -0.1) is 0 Å². The average molecular weight is 317 g/mol. The minimum Gasteiger partial charge on any atom is -0.465 e. The first-order valence-corrected chi connectivity index (χ1v) is 6.64. The van der Waals surface area contributed by atoms with Crippen molar-refractivity contribution in [1.82, 2.24) is 4.98 Å². The second kappa shape index (κ2) is 5.72. The van der Waals surface area contributed by atoms with Crippen LogP contribution in [0.2, 0.25) is 0 Å². The van der Waals surface area contributed by atoms with Crippen LogP contribution in [0.15, 0.2) is 42.6 Å². The van der Waals surface area contributed by atoms with Crippen LogP contribution in [0.5, 0.6) is 0 Å². The van der Waals surface area contributed by atoms with Crippen molar-refractivity contribution in [2.24, 2.45) is 0 Å². The van der Waals surface area contributed by atoms with E-state index in [4.69, 9.17) is 0 Å². The molecule has 1 aromatic heterocycles. The van der Waals surface area contributed by atoms with Crippen LogP contribution in [0.3, 0.4) is 0 Å². The maximum Gasteiger partial charge on any atom is 0.337 e.